The molecule has 146 valence electrons. The van der Waals surface area contributed by atoms with Gasteiger partial charge in [0.25, 0.3) is 5.91 Å². The lowest BCUT2D eigenvalue weighted by Gasteiger charge is -2.19. The molecule has 2 aromatic carbocycles. The predicted octanol–water partition coefficient (Wildman–Crippen LogP) is 3.60. The van der Waals surface area contributed by atoms with Gasteiger partial charge in [0.1, 0.15) is 0 Å². The number of hydrogen-bond acceptors (Lipinski definition) is 3. The van der Waals surface area contributed by atoms with Crippen LogP contribution < -0.4 is 10.2 Å². The van der Waals surface area contributed by atoms with E-state index >= 15 is 0 Å². The monoisotopic (exact) mass is 443 g/mol. The number of hydrogen-bond donors (Lipinski definition) is 1. The Labute approximate surface area is 172 Å². The van der Waals surface area contributed by atoms with Crippen LogP contribution in [0, 0.1) is 6.92 Å². The number of amides is 3. The third kappa shape index (κ3) is 4.59. The van der Waals surface area contributed by atoms with Crippen LogP contribution in [0.4, 0.5) is 11.4 Å². The molecule has 0 spiro atoms. The summed E-state index contributed by atoms with van der Waals surface area (Å²) in [5.74, 6) is -0.404. The molecule has 1 fully saturated rings. The van der Waals surface area contributed by atoms with Crippen LogP contribution in [0.5, 0.6) is 0 Å². The highest BCUT2D eigenvalue weighted by molar-refractivity contribution is 9.10. The lowest BCUT2D eigenvalue weighted by molar-refractivity contribution is -0.117. The minimum Gasteiger partial charge on any atom is -0.332 e. The average Bonchev–Trinajstić information content (AvgIpc) is 3.09. The van der Waals surface area contributed by atoms with Crippen molar-refractivity contribution in [2.75, 3.05) is 30.4 Å². The summed E-state index contributed by atoms with van der Waals surface area (Å²) < 4.78 is 0.939. The Bertz CT molecular complexity index is 912. The van der Waals surface area contributed by atoms with Crippen LogP contribution in [-0.4, -0.2) is 42.8 Å². The van der Waals surface area contributed by atoms with Crippen molar-refractivity contribution in [3.05, 3.63) is 58.1 Å². The van der Waals surface area contributed by atoms with Gasteiger partial charge < -0.3 is 15.1 Å². The van der Waals surface area contributed by atoms with Crippen LogP contribution in [0.3, 0.4) is 0 Å². The molecular weight excluding hydrogens is 422 g/mol. The van der Waals surface area contributed by atoms with Crippen LogP contribution in [-0.2, 0) is 9.59 Å². The van der Waals surface area contributed by atoms with Gasteiger partial charge in [0.15, 0.2) is 0 Å². The number of benzene rings is 2. The van der Waals surface area contributed by atoms with Gasteiger partial charge in [-0.3, -0.25) is 14.4 Å². The SMILES string of the molecule is Cc1cc(Br)ccc1NC(=O)CN(C)C(=O)c1ccc(N2CCCC2=O)cc1. The fourth-order valence-electron chi connectivity index (χ4n) is 3.17. The van der Waals surface area contributed by atoms with Crippen LogP contribution in [0.2, 0.25) is 0 Å². The van der Waals surface area contributed by atoms with Crippen molar-refractivity contribution < 1.29 is 14.4 Å². The Morgan fingerprint density at radius 1 is 1.18 bits per heavy atom. The largest absolute Gasteiger partial charge is 0.332 e. The van der Waals surface area contributed by atoms with E-state index < -0.39 is 0 Å². The summed E-state index contributed by atoms with van der Waals surface area (Å²) in [7, 11) is 1.59. The number of anilines is 2. The van der Waals surface area contributed by atoms with E-state index in [4.69, 9.17) is 0 Å². The number of nitrogens with zero attached hydrogens (tertiary/aromatic N) is 2. The second kappa shape index (κ2) is 8.56. The van der Waals surface area contributed by atoms with Gasteiger partial charge in [-0.05, 0) is 61.4 Å². The molecule has 1 saturated heterocycles. The Morgan fingerprint density at radius 3 is 2.50 bits per heavy atom. The van der Waals surface area contributed by atoms with E-state index in [-0.39, 0.29) is 24.3 Å². The van der Waals surface area contributed by atoms with E-state index in [0.717, 1.165) is 22.1 Å². The quantitative estimate of drug-likeness (QED) is 0.767. The van der Waals surface area contributed by atoms with Crippen LogP contribution in [0.15, 0.2) is 46.9 Å². The second-order valence-corrected chi connectivity index (χ2v) is 7.78. The second-order valence-electron chi connectivity index (χ2n) is 6.86. The summed E-state index contributed by atoms with van der Waals surface area (Å²) in [6.45, 7) is 2.56. The fourth-order valence-corrected chi connectivity index (χ4v) is 3.65. The van der Waals surface area contributed by atoms with Gasteiger partial charge in [-0.2, -0.15) is 0 Å². The molecule has 0 aromatic heterocycles. The zero-order chi connectivity index (χ0) is 20.3. The lowest BCUT2D eigenvalue weighted by atomic mass is 10.1. The van der Waals surface area contributed by atoms with Crippen molar-refractivity contribution in [1.82, 2.24) is 4.90 Å². The van der Waals surface area contributed by atoms with E-state index in [0.29, 0.717) is 24.2 Å². The number of aryl methyl sites for hydroxylation is 1. The average molecular weight is 444 g/mol. The molecule has 0 unspecified atom stereocenters. The molecule has 28 heavy (non-hydrogen) atoms. The third-order valence-electron chi connectivity index (χ3n) is 4.69. The number of nitrogens with one attached hydrogen (secondary N) is 1. The number of likely N-dealkylation sites (N-methyl/N-ethyl adjacent to an activating group) is 1. The van der Waals surface area contributed by atoms with Crippen molar-refractivity contribution in [1.29, 1.82) is 0 Å². The van der Waals surface area contributed by atoms with E-state index in [2.05, 4.69) is 21.2 Å². The van der Waals surface area contributed by atoms with Gasteiger partial charge in [0, 0.05) is 41.4 Å². The van der Waals surface area contributed by atoms with Crippen LogP contribution >= 0.6 is 15.9 Å². The highest BCUT2D eigenvalue weighted by Gasteiger charge is 2.22. The molecule has 0 radical (unpaired) electrons. The lowest BCUT2D eigenvalue weighted by Crippen LogP contribution is -2.35. The molecule has 0 saturated carbocycles. The molecule has 2 aromatic rings. The molecule has 0 atom stereocenters. The topological polar surface area (TPSA) is 69.7 Å². The first kappa shape index (κ1) is 20.1. The molecule has 6 nitrogen and oxygen atoms in total. The zero-order valence-corrected chi connectivity index (χ0v) is 17.5. The highest BCUT2D eigenvalue weighted by Crippen LogP contribution is 2.22. The minimum atomic E-state index is -0.263. The molecular formula is C21H22BrN3O3. The van der Waals surface area contributed by atoms with E-state index in [1.54, 1.807) is 36.2 Å². The summed E-state index contributed by atoms with van der Waals surface area (Å²) in [6.07, 6.45) is 1.42. The number of carbonyl (C=O) groups is 3. The maximum atomic E-state index is 12.6. The van der Waals surface area contributed by atoms with Gasteiger partial charge in [-0.1, -0.05) is 15.9 Å². The van der Waals surface area contributed by atoms with Crippen molar-refractivity contribution in [3.8, 4) is 0 Å². The molecule has 0 aliphatic carbocycles. The maximum Gasteiger partial charge on any atom is 0.254 e. The molecule has 3 amide bonds. The smallest absolute Gasteiger partial charge is 0.254 e. The summed E-state index contributed by atoms with van der Waals surface area (Å²) in [4.78, 5) is 39.8. The Morgan fingerprint density at radius 2 is 1.89 bits per heavy atom. The van der Waals surface area contributed by atoms with Gasteiger partial charge in [0.2, 0.25) is 11.8 Å². The first-order valence-electron chi connectivity index (χ1n) is 9.07. The third-order valence-corrected chi connectivity index (χ3v) is 5.18. The Kier molecular flexibility index (Phi) is 6.14. The first-order valence-corrected chi connectivity index (χ1v) is 9.86. The standard InChI is InChI=1S/C21H22BrN3O3/c1-14-12-16(22)7-10-18(14)23-19(26)13-24(2)21(28)15-5-8-17(9-6-15)25-11-3-4-20(25)27/h5-10,12H,3-4,11,13H2,1-2H3,(H,23,26). The van der Waals surface area contributed by atoms with Crippen molar-refractivity contribution in [2.45, 2.75) is 19.8 Å². The van der Waals surface area contributed by atoms with Crippen LogP contribution in [0.25, 0.3) is 0 Å². The fraction of sp³-hybridized carbons (Fsp3) is 0.286. The molecule has 0 bridgehead atoms. The predicted molar refractivity (Wildman–Crippen MR) is 112 cm³/mol. The van der Waals surface area contributed by atoms with Gasteiger partial charge in [-0.15, -0.1) is 0 Å². The summed E-state index contributed by atoms with van der Waals surface area (Å²) in [5, 5.41) is 2.83. The molecule has 1 heterocycles. The summed E-state index contributed by atoms with van der Waals surface area (Å²) >= 11 is 3.39. The molecule has 1 aliphatic rings. The van der Waals surface area contributed by atoms with Crippen molar-refractivity contribution in [2.24, 2.45) is 0 Å². The van der Waals surface area contributed by atoms with Crippen molar-refractivity contribution in [3.63, 3.8) is 0 Å². The summed E-state index contributed by atoms with van der Waals surface area (Å²) in [6, 6.07) is 12.5. The molecule has 3 rings (SSSR count). The van der Waals surface area contributed by atoms with E-state index in [9.17, 15) is 14.4 Å². The van der Waals surface area contributed by atoms with Crippen LogP contribution in [0.1, 0.15) is 28.8 Å². The van der Waals surface area contributed by atoms with E-state index in [1.807, 2.05) is 25.1 Å². The molecule has 7 heteroatoms. The van der Waals surface area contributed by atoms with Gasteiger partial charge in [-0.25, -0.2) is 0 Å². The van der Waals surface area contributed by atoms with E-state index in [1.165, 1.54) is 4.90 Å². The maximum absolute atomic E-state index is 12.6. The normalized spacial score (nSPS) is 13.5. The summed E-state index contributed by atoms with van der Waals surface area (Å²) in [5.41, 5.74) is 2.92. The number of rotatable bonds is 5. The first-order chi connectivity index (χ1) is 13.3. The van der Waals surface area contributed by atoms with Gasteiger partial charge >= 0.3 is 0 Å². The highest BCUT2D eigenvalue weighted by atomic mass is 79.9. The minimum absolute atomic E-state index is 0.0549. The Balaban J connectivity index is 1.60. The number of carbonyl (C=O) groups excluding carboxylic acids is 3. The van der Waals surface area contributed by atoms with Gasteiger partial charge in [0.05, 0.1) is 6.54 Å². The Hall–Kier alpha value is -2.67. The van der Waals surface area contributed by atoms with Crippen molar-refractivity contribution >= 4 is 45.0 Å². The number of halogens is 1. The zero-order valence-electron chi connectivity index (χ0n) is 15.9. The molecule has 1 aliphatic heterocycles. The molecule has 1 N–H and O–H groups in total.